The highest BCUT2D eigenvalue weighted by atomic mass is 16.8. The van der Waals surface area contributed by atoms with E-state index in [9.17, 15) is 24.9 Å². The number of pyridine rings is 1. The number of methoxy groups -OCH3 is 1. The largest absolute Gasteiger partial charge is 0.508 e. The number of aliphatic hydroxyl groups excluding tert-OH is 1. The average molecular weight is 965 g/mol. The number of carbonyl (C=O) groups is 3. The summed E-state index contributed by atoms with van der Waals surface area (Å²) in [5.74, 6) is 9.38. The number of phenolic OH excluding ortho intramolecular Hbond substituents is 1. The summed E-state index contributed by atoms with van der Waals surface area (Å²) < 4.78 is 49.8. The molecule has 2 bridgehead atoms. The van der Waals surface area contributed by atoms with Crippen molar-refractivity contribution >= 4 is 39.8 Å². The van der Waals surface area contributed by atoms with Gasteiger partial charge in [0.15, 0.2) is 24.0 Å². The van der Waals surface area contributed by atoms with Gasteiger partial charge in [0.1, 0.15) is 36.4 Å². The average Bonchev–Trinajstić information content (AvgIpc) is 3.96. The number of alkyl carbamates (subject to hydrolysis) is 1. The molecule has 1 aromatic carbocycles. The zero-order valence-corrected chi connectivity index (χ0v) is 40.3. The van der Waals surface area contributed by atoms with Gasteiger partial charge in [0.05, 0.1) is 62.1 Å². The number of aliphatic hydroxyl groups is 2. The highest BCUT2D eigenvalue weighted by molar-refractivity contribution is 6.16. The fraction of sp³-hybridized carbons (Fsp3) is 0.500. The third-order valence-electron chi connectivity index (χ3n) is 13.7. The molecule has 8 unspecified atom stereocenters. The van der Waals surface area contributed by atoms with Crippen LogP contribution in [0.3, 0.4) is 0 Å². The van der Waals surface area contributed by atoms with Crippen LogP contribution < -0.4 is 5.32 Å². The number of hydrogen-bond acceptors (Lipinski definition) is 15. The van der Waals surface area contributed by atoms with E-state index < -0.39 is 77.8 Å². The summed E-state index contributed by atoms with van der Waals surface area (Å²) in [6, 6.07) is 5.87. The lowest BCUT2D eigenvalue weighted by atomic mass is 9.70. The second-order valence-corrected chi connectivity index (χ2v) is 18.5. The molecular weight excluding hydrogens is 905 g/mol. The second-order valence-electron chi connectivity index (χ2n) is 18.5. The third kappa shape index (κ3) is 9.22. The molecule has 10 atom stereocenters. The van der Waals surface area contributed by atoms with Gasteiger partial charge in [-0.2, -0.15) is 0 Å². The lowest BCUT2D eigenvalue weighted by Gasteiger charge is -2.51. The van der Waals surface area contributed by atoms with E-state index in [4.69, 9.17) is 37.9 Å². The summed E-state index contributed by atoms with van der Waals surface area (Å²) in [7, 11) is 1.20. The summed E-state index contributed by atoms with van der Waals surface area (Å²) in [4.78, 5) is 51.2. The predicted octanol–water partition coefficient (Wildman–Crippen LogP) is 5.67. The number of benzene rings is 1. The van der Waals surface area contributed by atoms with Crippen molar-refractivity contribution in [2.45, 2.75) is 121 Å². The Balaban J connectivity index is 1.22. The molecule has 372 valence electrons. The van der Waals surface area contributed by atoms with Crippen LogP contribution in [0, 0.1) is 35.0 Å². The highest BCUT2D eigenvalue weighted by Gasteiger charge is 2.60. The number of nitrogens with one attached hydrogen (secondary N) is 2. The number of carbonyl (C=O) groups excluding carboxylic acids is 3. The first kappa shape index (κ1) is 50.3. The molecule has 1 spiro atoms. The normalized spacial score (nSPS) is 31.4. The van der Waals surface area contributed by atoms with E-state index in [1.807, 2.05) is 27.7 Å². The Labute approximate surface area is 405 Å². The van der Waals surface area contributed by atoms with Gasteiger partial charge in [-0.3, -0.25) is 15.1 Å². The number of aromatic amines is 1. The van der Waals surface area contributed by atoms with Crippen molar-refractivity contribution in [1.29, 1.82) is 0 Å². The Morgan fingerprint density at radius 1 is 1.11 bits per heavy atom. The standard InChI is InChI=1S/C52H60N4O14/c1-9-15-35-40-38(16-13-11-12-14-20-51(35,62)28-52(66-23-24-67-52)44(40)55-48(60)63-8)69-47-43(70-39-25-30(5)37(27-65-39)56(29(3)4)49(61)64-22-10-2)46(59)50(7,31(6)68-47)45(58)42-41-33(19-21-53-42)34-26-32(57)17-18-36(34)54-41/h10-12,15,17-19,21,26,29-31,37-39,43,46-47,54,57,59,62H,2,9,22-25,27-28H2,1,3-8H3,(H,55,60)/b12-11-,35-15+/t30?,31?,37?,38-,39?,43?,46?,47?,50?,51-/m0/s1. The molecule has 0 saturated carbocycles. The Bertz CT molecular complexity index is 2750. The molecular formula is C52H60N4O14. The number of H-pyrrole nitrogens is 1. The Morgan fingerprint density at radius 2 is 1.87 bits per heavy atom. The Kier molecular flexibility index (Phi) is 14.6. The highest BCUT2D eigenvalue weighted by Crippen LogP contribution is 2.50. The zero-order valence-electron chi connectivity index (χ0n) is 40.3. The zero-order chi connectivity index (χ0) is 50.1. The smallest absolute Gasteiger partial charge is 0.411 e. The number of phenols is 1. The SMILES string of the molecule is C=CCOC(=O)N(C(C)C)C1COC(OC2C(O[C@H]3C#C/C=C\C#C[C@]4(O)CC5(OCCO5)C(NC(=O)OC)=C3/C4=C\CC)OC(C)C(C)(C(=O)c3nccc4c3[nH]c3ccc(O)cc34)C2O)CC1C. The van der Waals surface area contributed by atoms with Crippen LogP contribution in [0.2, 0.25) is 0 Å². The van der Waals surface area contributed by atoms with Crippen molar-refractivity contribution in [1.82, 2.24) is 20.2 Å². The predicted molar refractivity (Wildman–Crippen MR) is 253 cm³/mol. The number of Topliss-reactive ketones (excluding diaryl/α,β-unsaturated/α-hetero) is 1. The fourth-order valence-electron chi connectivity index (χ4n) is 10.1. The minimum atomic E-state index is -1.93. The summed E-state index contributed by atoms with van der Waals surface area (Å²) in [5.41, 5.74) is -2.22. The first-order valence-electron chi connectivity index (χ1n) is 23.5. The molecule has 2 aromatic heterocycles. The van der Waals surface area contributed by atoms with Gasteiger partial charge in [-0.15, -0.1) is 0 Å². The van der Waals surface area contributed by atoms with Gasteiger partial charge in [-0.25, -0.2) is 9.59 Å². The molecule has 3 aromatic rings. The van der Waals surface area contributed by atoms with Crippen LogP contribution in [0.15, 0.2) is 78.2 Å². The molecule has 3 fully saturated rings. The van der Waals surface area contributed by atoms with Crippen molar-refractivity contribution in [2.75, 3.05) is 33.5 Å². The van der Waals surface area contributed by atoms with Crippen molar-refractivity contribution < 1.29 is 67.6 Å². The first-order chi connectivity index (χ1) is 33.5. The van der Waals surface area contributed by atoms with E-state index in [1.54, 1.807) is 43.0 Å². The molecule has 8 rings (SSSR count). The van der Waals surface area contributed by atoms with Crippen LogP contribution in [0.25, 0.3) is 21.8 Å². The van der Waals surface area contributed by atoms with Gasteiger partial charge in [0, 0.05) is 46.1 Å². The maximum absolute atomic E-state index is 15.3. The second kappa shape index (κ2) is 20.3. The third-order valence-corrected chi connectivity index (χ3v) is 13.7. The number of nitrogens with zero attached hydrogens (tertiary/aromatic N) is 2. The lowest BCUT2D eigenvalue weighted by molar-refractivity contribution is -0.338. The molecule has 2 amide bonds. The van der Waals surface area contributed by atoms with Crippen LogP contribution in [-0.2, 0) is 37.9 Å². The van der Waals surface area contributed by atoms with Gasteiger partial charge in [-0.05, 0) is 76.5 Å². The van der Waals surface area contributed by atoms with Crippen LogP contribution in [-0.4, -0.2) is 142 Å². The molecule has 5 N–H and O–H groups in total. The van der Waals surface area contributed by atoms with Crippen molar-refractivity contribution in [3.63, 3.8) is 0 Å². The van der Waals surface area contributed by atoms with Gasteiger partial charge < -0.3 is 63.1 Å². The fourth-order valence-corrected chi connectivity index (χ4v) is 10.1. The minimum Gasteiger partial charge on any atom is -0.508 e. The quantitative estimate of drug-likeness (QED) is 0.0837. The summed E-state index contributed by atoms with van der Waals surface area (Å²) in [6.45, 7) is 14.7. The van der Waals surface area contributed by atoms with E-state index in [0.29, 0.717) is 28.2 Å². The molecule has 70 heavy (non-hydrogen) atoms. The summed E-state index contributed by atoms with van der Waals surface area (Å²) in [6.07, 6.45) is -1.61. The molecule has 5 aliphatic rings. The molecule has 3 aliphatic heterocycles. The Hall–Kier alpha value is -6.06. The Morgan fingerprint density at radius 3 is 2.57 bits per heavy atom. The van der Waals surface area contributed by atoms with Gasteiger partial charge >= 0.3 is 12.2 Å². The monoisotopic (exact) mass is 964 g/mol. The number of rotatable bonds is 12. The number of fused-ring (bicyclic) bond motifs is 5. The van der Waals surface area contributed by atoms with Gasteiger partial charge in [0.2, 0.25) is 5.79 Å². The van der Waals surface area contributed by atoms with Crippen LogP contribution in [0.1, 0.15) is 71.3 Å². The van der Waals surface area contributed by atoms with Crippen molar-refractivity contribution in [3.05, 3.63) is 83.9 Å². The molecule has 2 aliphatic carbocycles. The van der Waals surface area contributed by atoms with Crippen LogP contribution in [0.5, 0.6) is 5.75 Å². The number of ether oxygens (including phenoxy) is 8. The number of ketones is 1. The van der Waals surface area contributed by atoms with E-state index in [0.717, 1.165) is 0 Å². The first-order valence-corrected chi connectivity index (χ1v) is 23.5. The molecule has 5 heterocycles. The molecule has 0 radical (unpaired) electrons. The van der Waals surface area contributed by atoms with Crippen molar-refractivity contribution in [3.8, 4) is 29.4 Å². The summed E-state index contributed by atoms with van der Waals surface area (Å²) >= 11 is 0. The maximum Gasteiger partial charge on any atom is 0.411 e. The number of amides is 2. The summed E-state index contributed by atoms with van der Waals surface area (Å²) in [5, 5.41) is 39.9. The van der Waals surface area contributed by atoms with E-state index in [-0.39, 0.29) is 79.5 Å². The van der Waals surface area contributed by atoms with E-state index in [1.165, 1.54) is 37.6 Å². The number of aromatic nitrogens is 2. The van der Waals surface area contributed by atoms with Gasteiger partial charge in [-0.1, -0.05) is 56.3 Å². The number of hydrogen-bond donors (Lipinski definition) is 5. The lowest BCUT2D eigenvalue weighted by Crippen LogP contribution is -2.65. The van der Waals surface area contributed by atoms with Gasteiger partial charge in [0.25, 0.3) is 0 Å². The van der Waals surface area contributed by atoms with E-state index in [2.05, 4.69) is 45.5 Å². The minimum absolute atomic E-state index is 0.0123. The van der Waals surface area contributed by atoms with Crippen molar-refractivity contribution in [2.24, 2.45) is 11.3 Å². The number of aromatic hydroxyl groups is 1. The van der Waals surface area contributed by atoms with Crippen LogP contribution in [0.4, 0.5) is 9.59 Å². The number of allylic oxidation sites excluding steroid dienone is 3. The van der Waals surface area contributed by atoms with Crippen LogP contribution >= 0.6 is 0 Å². The topological polar surface area (TPSA) is 230 Å². The maximum atomic E-state index is 15.3. The molecule has 3 saturated heterocycles. The van der Waals surface area contributed by atoms with E-state index >= 15 is 4.79 Å². The molecule has 18 nitrogen and oxygen atoms in total. The molecule has 18 heteroatoms.